The topological polar surface area (TPSA) is 61.2 Å². The molecule has 0 N–H and O–H groups in total. The fourth-order valence-electron chi connectivity index (χ4n) is 2.62. The molecule has 1 unspecified atom stereocenters. The minimum absolute atomic E-state index is 0.0954. The summed E-state index contributed by atoms with van der Waals surface area (Å²) in [7, 11) is 1.55. The van der Waals surface area contributed by atoms with Crippen LogP contribution in [0.1, 0.15) is 23.7 Å². The highest BCUT2D eigenvalue weighted by Crippen LogP contribution is 2.34. The summed E-state index contributed by atoms with van der Waals surface area (Å²) < 4.78 is 30.2. The molecule has 7 heteroatoms. The minimum Gasteiger partial charge on any atom is -0.493 e. The molecule has 0 spiro atoms. The molecule has 0 radical (unpaired) electrons. The van der Waals surface area contributed by atoms with E-state index in [4.69, 9.17) is 15.4 Å². The number of halogens is 1. The van der Waals surface area contributed by atoms with E-state index in [1.54, 1.807) is 6.92 Å². The van der Waals surface area contributed by atoms with E-state index in [1.807, 2.05) is 28.8 Å². The van der Waals surface area contributed by atoms with Crippen molar-refractivity contribution in [2.24, 2.45) is 0 Å². The SMILES string of the molecule is Cc1nc(S(=O)(=O)Cl)cn1CC1CCOc2ccccc21. The van der Waals surface area contributed by atoms with Crippen LogP contribution in [0.5, 0.6) is 5.75 Å². The van der Waals surface area contributed by atoms with Crippen LogP contribution in [0.3, 0.4) is 0 Å². The molecule has 0 bridgehead atoms. The number of hydrogen-bond acceptors (Lipinski definition) is 4. The fourth-order valence-corrected chi connectivity index (χ4v) is 3.34. The highest BCUT2D eigenvalue weighted by atomic mass is 35.7. The molecule has 2 heterocycles. The summed E-state index contributed by atoms with van der Waals surface area (Å²) >= 11 is 0. The summed E-state index contributed by atoms with van der Waals surface area (Å²) in [5, 5.41) is -0.0954. The number of benzene rings is 1. The Hall–Kier alpha value is -1.53. The van der Waals surface area contributed by atoms with Crippen LogP contribution >= 0.6 is 10.7 Å². The molecule has 1 atom stereocenters. The summed E-state index contributed by atoms with van der Waals surface area (Å²) in [4.78, 5) is 4.02. The zero-order valence-electron chi connectivity index (χ0n) is 11.5. The third-order valence-corrected chi connectivity index (χ3v) is 4.87. The number of imidazole rings is 1. The molecule has 0 aliphatic carbocycles. The summed E-state index contributed by atoms with van der Waals surface area (Å²) in [5.74, 6) is 1.81. The van der Waals surface area contributed by atoms with Gasteiger partial charge in [0.2, 0.25) is 0 Å². The molecular weight excluding hydrogens is 312 g/mol. The van der Waals surface area contributed by atoms with E-state index in [2.05, 4.69) is 4.98 Å². The molecule has 1 aliphatic heterocycles. The number of nitrogens with zero attached hydrogens (tertiary/aromatic N) is 2. The standard InChI is InChI=1S/C14H15ClN2O3S/c1-10-16-14(21(15,18)19)9-17(10)8-11-6-7-20-13-5-3-2-4-12(11)13/h2-5,9,11H,6-8H2,1H3. The van der Waals surface area contributed by atoms with Gasteiger partial charge in [0, 0.05) is 29.3 Å². The maximum absolute atomic E-state index is 11.4. The lowest BCUT2D eigenvalue weighted by atomic mass is 9.93. The Balaban J connectivity index is 1.90. The van der Waals surface area contributed by atoms with Crippen LogP contribution in [0.2, 0.25) is 0 Å². The van der Waals surface area contributed by atoms with E-state index < -0.39 is 9.05 Å². The van der Waals surface area contributed by atoms with Crippen molar-refractivity contribution in [3.63, 3.8) is 0 Å². The Bertz CT molecular complexity index is 770. The van der Waals surface area contributed by atoms with Crippen molar-refractivity contribution in [3.05, 3.63) is 41.9 Å². The van der Waals surface area contributed by atoms with E-state index in [0.717, 1.165) is 17.7 Å². The van der Waals surface area contributed by atoms with Gasteiger partial charge >= 0.3 is 0 Å². The van der Waals surface area contributed by atoms with Gasteiger partial charge in [-0.05, 0) is 25.0 Å². The van der Waals surface area contributed by atoms with Crippen molar-refractivity contribution in [1.29, 1.82) is 0 Å². The van der Waals surface area contributed by atoms with Crippen molar-refractivity contribution in [2.75, 3.05) is 6.61 Å². The zero-order chi connectivity index (χ0) is 15.0. The molecule has 3 rings (SSSR count). The molecule has 0 saturated heterocycles. The number of aromatic nitrogens is 2. The lowest BCUT2D eigenvalue weighted by Crippen LogP contribution is -2.18. The molecule has 1 aromatic carbocycles. The average molecular weight is 327 g/mol. The lowest BCUT2D eigenvalue weighted by Gasteiger charge is -2.26. The first-order valence-electron chi connectivity index (χ1n) is 6.65. The Morgan fingerprint density at radius 2 is 2.19 bits per heavy atom. The predicted molar refractivity (Wildman–Crippen MR) is 79.3 cm³/mol. The van der Waals surface area contributed by atoms with Gasteiger partial charge in [-0.2, -0.15) is 0 Å². The van der Waals surface area contributed by atoms with Gasteiger partial charge in [0.15, 0.2) is 5.03 Å². The van der Waals surface area contributed by atoms with Gasteiger partial charge < -0.3 is 9.30 Å². The van der Waals surface area contributed by atoms with Crippen LogP contribution in [-0.4, -0.2) is 24.6 Å². The second-order valence-electron chi connectivity index (χ2n) is 5.09. The van der Waals surface area contributed by atoms with Gasteiger partial charge in [-0.3, -0.25) is 0 Å². The van der Waals surface area contributed by atoms with Crippen molar-refractivity contribution in [2.45, 2.75) is 30.8 Å². The maximum atomic E-state index is 11.4. The van der Waals surface area contributed by atoms with Gasteiger partial charge in [0.05, 0.1) is 6.61 Å². The first kappa shape index (κ1) is 14.4. The molecule has 5 nitrogen and oxygen atoms in total. The summed E-state index contributed by atoms with van der Waals surface area (Å²) in [6.45, 7) is 3.10. The zero-order valence-corrected chi connectivity index (χ0v) is 13.1. The first-order valence-corrected chi connectivity index (χ1v) is 8.96. The van der Waals surface area contributed by atoms with E-state index in [0.29, 0.717) is 19.0 Å². The van der Waals surface area contributed by atoms with Crippen molar-refractivity contribution < 1.29 is 13.2 Å². The van der Waals surface area contributed by atoms with Gasteiger partial charge in [-0.25, -0.2) is 13.4 Å². The van der Waals surface area contributed by atoms with E-state index in [9.17, 15) is 8.42 Å². The van der Waals surface area contributed by atoms with Crippen molar-refractivity contribution in [1.82, 2.24) is 9.55 Å². The van der Waals surface area contributed by atoms with Crippen LogP contribution in [0.15, 0.2) is 35.5 Å². The molecule has 1 aliphatic rings. The fraction of sp³-hybridized carbons (Fsp3) is 0.357. The summed E-state index contributed by atoms with van der Waals surface area (Å²) in [6.07, 6.45) is 2.38. The molecule has 1 aromatic heterocycles. The van der Waals surface area contributed by atoms with E-state index >= 15 is 0 Å². The first-order chi connectivity index (χ1) is 9.95. The molecule has 0 fully saturated rings. The molecule has 0 amide bonds. The Morgan fingerprint density at radius 3 is 2.90 bits per heavy atom. The van der Waals surface area contributed by atoms with Crippen molar-refractivity contribution >= 4 is 19.7 Å². The monoisotopic (exact) mass is 326 g/mol. The third-order valence-electron chi connectivity index (χ3n) is 3.70. The number of ether oxygens (including phenoxy) is 1. The average Bonchev–Trinajstić information content (AvgIpc) is 2.81. The lowest BCUT2D eigenvalue weighted by molar-refractivity contribution is 0.258. The van der Waals surface area contributed by atoms with E-state index in [-0.39, 0.29) is 10.9 Å². The van der Waals surface area contributed by atoms with E-state index in [1.165, 1.54) is 6.20 Å². The molecule has 112 valence electrons. The summed E-state index contributed by atoms with van der Waals surface area (Å²) in [6, 6.07) is 7.93. The largest absolute Gasteiger partial charge is 0.493 e. The second-order valence-corrected chi connectivity index (χ2v) is 7.60. The third kappa shape index (κ3) is 2.91. The number of rotatable bonds is 3. The van der Waals surface area contributed by atoms with Crippen LogP contribution in [-0.2, 0) is 15.6 Å². The van der Waals surface area contributed by atoms with Crippen LogP contribution < -0.4 is 4.74 Å². The van der Waals surface area contributed by atoms with Crippen LogP contribution in [0.4, 0.5) is 0 Å². The number of para-hydroxylation sites is 1. The number of hydrogen-bond donors (Lipinski definition) is 0. The van der Waals surface area contributed by atoms with Gasteiger partial charge in [-0.15, -0.1) is 0 Å². The number of aryl methyl sites for hydroxylation is 1. The highest BCUT2D eigenvalue weighted by molar-refractivity contribution is 8.13. The molecular formula is C14H15ClN2O3S. The van der Waals surface area contributed by atoms with Crippen LogP contribution in [0, 0.1) is 6.92 Å². The number of fused-ring (bicyclic) bond motifs is 1. The minimum atomic E-state index is -3.79. The summed E-state index contributed by atoms with van der Waals surface area (Å²) in [5.41, 5.74) is 1.15. The predicted octanol–water partition coefficient (Wildman–Crippen LogP) is 2.69. The normalized spacial score (nSPS) is 18.1. The van der Waals surface area contributed by atoms with Gasteiger partial charge in [0.25, 0.3) is 9.05 Å². The molecule has 21 heavy (non-hydrogen) atoms. The Morgan fingerprint density at radius 1 is 1.43 bits per heavy atom. The van der Waals surface area contributed by atoms with Crippen molar-refractivity contribution in [3.8, 4) is 5.75 Å². The maximum Gasteiger partial charge on any atom is 0.280 e. The Labute approximate surface area is 127 Å². The van der Waals surface area contributed by atoms with Gasteiger partial charge in [-0.1, -0.05) is 18.2 Å². The molecule has 2 aromatic rings. The highest BCUT2D eigenvalue weighted by Gasteiger charge is 2.23. The molecule has 0 saturated carbocycles. The smallest absolute Gasteiger partial charge is 0.280 e. The second kappa shape index (κ2) is 5.35. The Kier molecular flexibility index (Phi) is 3.67. The van der Waals surface area contributed by atoms with Crippen LogP contribution in [0.25, 0.3) is 0 Å². The van der Waals surface area contributed by atoms with Gasteiger partial charge in [0.1, 0.15) is 11.6 Å². The quantitative estimate of drug-likeness (QED) is 0.814.